The molecule has 1 aromatic rings. The molecule has 1 aliphatic heterocycles. The number of para-hydroxylation sites is 1. The van der Waals surface area contributed by atoms with Crippen molar-refractivity contribution in [3.63, 3.8) is 0 Å². The number of benzene rings is 1. The normalized spacial score (nSPS) is 18.3. The van der Waals surface area contributed by atoms with Crippen LogP contribution in [0.15, 0.2) is 18.2 Å². The summed E-state index contributed by atoms with van der Waals surface area (Å²) in [5.41, 5.74) is 0.840. The van der Waals surface area contributed by atoms with Gasteiger partial charge in [-0.15, -0.1) is 0 Å². The number of nitrogens with zero attached hydrogens (tertiary/aromatic N) is 1. The van der Waals surface area contributed by atoms with Gasteiger partial charge < -0.3 is 20.3 Å². The molecule has 5 heteroatoms. The SMILES string of the molecule is CCOc1cccc(CN(CCO)CC2CCCN2)c1O. The van der Waals surface area contributed by atoms with Crippen LogP contribution in [0.25, 0.3) is 0 Å². The average Bonchev–Trinajstić information content (AvgIpc) is 2.96. The number of hydrogen-bond donors (Lipinski definition) is 3. The predicted molar refractivity (Wildman–Crippen MR) is 82.7 cm³/mol. The van der Waals surface area contributed by atoms with Crippen molar-refractivity contribution < 1.29 is 14.9 Å². The molecule has 5 nitrogen and oxygen atoms in total. The Morgan fingerprint density at radius 3 is 2.95 bits per heavy atom. The fraction of sp³-hybridized carbons (Fsp3) is 0.625. The maximum absolute atomic E-state index is 10.3. The van der Waals surface area contributed by atoms with Gasteiger partial charge in [0.25, 0.3) is 0 Å². The summed E-state index contributed by atoms with van der Waals surface area (Å²) in [7, 11) is 0. The van der Waals surface area contributed by atoms with Crippen LogP contribution in [0.5, 0.6) is 11.5 Å². The van der Waals surface area contributed by atoms with E-state index in [-0.39, 0.29) is 12.4 Å². The molecule has 21 heavy (non-hydrogen) atoms. The Kier molecular flexibility index (Phi) is 6.29. The quantitative estimate of drug-likeness (QED) is 0.675. The molecule has 1 fully saturated rings. The Morgan fingerprint density at radius 2 is 2.29 bits per heavy atom. The van der Waals surface area contributed by atoms with Gasteiger partial charge >= 0.3 is 0 Å². The number of rotatable bonds is 8. The molecule has 0 spiro atoms. The van der Waals surface area contributed by atoms with Crippen molar-refractivity contribution >= 4 is 0 Å². The summed E-state index contributed by atoms with van der Waals surface area (Å²) in [5.74, 6) is 0.736. The molecular formula is C16H26N2O3. The molecule has 0 aliphatic carbocycles. The Balaban J connectivity index is 2.03. The second-order valence-corrected chi connectivity index (χ2v) is 5.45. The van der Waals surface area contributed by atoms with E-state index in [4.69, 9.17) is 4.74 Å². The highest BCUT2D eigenvalue weighted by Crippen LogP contribution is 2.30. The van der Waals surface area contributed by atoms with Crippen molar-refractivity contribution in [2.24, 2.45) is 0 Å². The summed E-state index contributed by atoms with van der Waals surface area (Å²) in [6, 6.07) is 6.06. The lowest BCUT2D eigenvalue weighted by Crippen LogP contribution is -2.38. The lowest BCUT2D eigenvalue weighted by atomic mass is 10.1. The van der Waals surface area contributed by atoms with E-state index in [9.17, 15) is 10.2 Å². The van der Waals surface area contributed by atoms with Crippen molar-refractivity contribution in [1.82, 2.24) is 10.2 Å². The molecule has 1 unspecified atom stereocenters. The van der Waals surface area contributed by atoms with E-state index < -0.39 is 0 Å². The van der Waals surface area contributed by atoms with Gasteiger partial charge in [0.15, 0.2) is 11.5 Å². The number of aromatic hydroxyl groups is 1. The Labute approximate surface area is 126 Å². The molecule has 1 heterocycles. The van der Waals surface area contributed by atoms with Crippen LogP contribution >= 0.6 is 0 Å². The highest BCUT2D eigenvalue weighted by atomic mass is 16.5. The lowest BCUT2D eigenvalue weighted by molar-refractivity contribution is 0.177. The molecule has 3 N–H and O–H groups in total. The van der Waals surface area contributed by atoms with Crippen LogP contribution in [0.1, 0.15) is 25.3 Å². The maximum Gasteiger partial charge on any atom is 0.162 e. The van der Waals surface area contributed by atoms with E-state index >= 15 is 0 Å². The van der Waals surface area contributed by atoms with Crippen molar-refractivity contribution in [3.8, 4) is 11.5 Å². The third-order valence-corrected chi connectivity index (χ3v) is 3.83. The predicted octanol–water partition coefficient (Wildman–Crippen LogP) is 1.34. The van der Waals surface area contributed by atoms with Crippen molar-refractivity contribution in [3.05, 3.63) is 23.8 Å². The molecule has 0 saturated carbocycles. The summed E-state index contributed by atoms with van der Waals surface area (Å²) in [5, 5.41) is 23.0. The second kappa shape index (κ2) is 8.22. The summed E-state index contributed by atoms with van der Waals surface area (Å²) >= 11 is 0. The van der Waals surface area contributed by atoms with Gasteiger partial charge in [0, 0.05) is 31.2 Å². The minimum absolute atomic E-state index is 0.124. The highest BCUT2D eigenvalue weighted by Gasteiger charge is 2.19. The number of nitrogens with one attached hydrogen (secondary N) is 1. The standard InChI is InChI=1S/C16H26N2O3/c1-2-21-15-7-3-5-13(16(15)20)11-18(9-10-19)12-14-6-4-8-17-14/h3,5,7,14,17,19-20H,2,4,6,8-12H2,1H3. The minimum Gasteiger partial charge on any atom is -0.504 e. The molecule has 1 atom stereocenters. The van der Waals surface area contributed by atoms with Gasteiger partial charge in [-0.3, -0.25) is 4.90 Å². The van der Waals surface area contributed by atoms with Crippen LogP contribution in [0.3, 0.4) is 0 Å². The van der Waals surface area contributed by atoms with Crippen LogP contribution in [0.4, 0.5) is 0 Å². The molecule has 2 rings (SSSR count). The fourth-order valence-corrected chi connectivity index (χ4v) is 2.81. The van der Waals surface area contributed by atoms with E-state index in [0.717, 1.165) is 18.7 Å². The fourth-order valence-electron chi connectivity index (χ4n) is 2.81. The number of phenolic OH excluding ortho intramolecular Hbond substituents is 1. The van der Waals surface area contributed by atoms with Crippen molar-refractivity contribution in [2.45, 2.75) is 32.4 Å². The first-order valence-electron chi connectivity index (χ1n) is 7.74. The molecule has 0 aromatic heterocycles. The zero-order valence-corrected chi connectivity index (χ0v) is 12.7. The van der Waals surface area contributed by atoms with Crippen LogP contribution in [-0.4, -0.2) is 54.0 Å². The molecule has 0 amide bonds. The second-order valence-electron chi connectivity index (χ2n) is 5.45. The molecule has 0 radical (unpaired) electrons. The smallest absolute Gasteiger partial charge is 0.162 e. The molecule has 1 saturated heterocycles. The summed E-state index contributed by atoms with van der Waals surface area (Å²) < 4.78 is 5.42. The van der Waals surface area contributed by atoms with Gasteiger partial charge in [-0.25, -0.2) is 0 Å². The van der Waals surface area contributed by atoms with Crippen LogP contribution in [0.2, 0.25) is 0 Å². The van der Waals surface area contributed by atoms with Crippen LogP contribution < -0.4 is 10.1 Å². The van der Waals surface area contributed by atoms with Gasteiger partial charge in [-0.05, 0) is 32.4 Å². The zero-order chi connectivity index (χ0) is 15.1. The van der Waals surface area contributed by atoms with Gasteiger partial charge in [0.05, 0.1) is 13.2 Å². The first kappa shape index (κ1) is 16.1. The first-order valence-corrected chi connectivity index (χ1v) is 7.74. The number of aliphatic hydroxyl groups is 1. The lowest BCUT2D eigenvalue weighted by Gasteiger charge is -2.25. The van der Waals surface area contributed by atoms with E-state index in [2.05, 4.69) is 10.2 Å². The largest absolute Gasteiger partial charge is 0.504 e. The molecule has 118 valence electrons. The average molecular weight is 294 g/mol. The zero-order valence-electron chi connectivity index (χ0n) is 12.7. The van der Waals surface area contributed by atoms with Crippen LogP contribution in [-0.2, 0) is 6.54 Å². The van der Waals surface area contributed by atoms with Gasteiger partial charge in [-0.1, -0.05) is 12.1 Å². The van der Waals surface area contributed by atoms with Gasteiger partial charge in [-0.2, -0.15) is 0 Å². The summed E-state index contributed by atoms with van der Waals surface area (Å²) in [6.45, 7) is 5.74. The molecular weight excluding hydrogens is 268 g/mol. The number of phenols is 1. The minimum atomic E-state index is 0.124. The Morgan fingerprint density at radius 1 is 1.43 bits per heavy atom. The Bertz CT molecular complexity index is 434. The van der Waals surface area contributed by atoms with E-state index in [0.29, 0.717) is 31.5 Å². The van der Waals surface area contributed by atoms with Crippen LogP contribution in [0, 0.1) is 0 Å². The Hall–Kier alpha value is -1.30. The third kappa shape index (κ3) is 4.59. The molecule has 0 bridgehead atoms. The topological polar surface area (TPSA) is 65.0 Å². The van der Waals surface area contributed by atoms with Gasteiger partial charge in [0.2, 0.25) is 0 Å². The summed E-state index contributed by atoms with van der Waals surface area (Å²) in [4.78, 5) is 2.17. The maximum atomic E-state index is 10.3. The van der Waals surface area contributed by atoms with E-state index in [1.807, 2.05) is 19.1 Å². The van der Waals surface area contributed by atoms with Crippen molar-refractivity contribution in [1.29, 1.82) is 0 Å². The highest BCUT2D eigenvalue weighted by molar-refractivity contribution is 5.45. The third-order valence-electron chi connectivity index (χ3n) is 3.83. The van der Waals surface area contributed by atoms with Crippen molar-refractivity contribution in [2.75, 3.05) is 32.8 Å². The number of aliphatic hydroxyl groups excluding tert-OH is 1. The van der Waals surface area contributed by atoms with Gasteiger partial charge in [0.1, 0.15) is 0 Å². The number of hydrogen-bond acceptors (Lipinski definition) is 5. The first-order chi connectivity index (χ1) is 10.2. The molecule has 1 aliphatic rings. The number of ether oxygens (including phenoxy) is 1. The van der Waals surface area contributed by atoms with E-state index in [1.54, 1.807) is 6.07 Å². The monoisotopic (exact) mass is 294 g/mol. The van der Waals surface area contributed by atoms with E-state index in [1.165, 1.54) is 12.8 Å². The molecule has 1 aromatic carbocycles. The summed E-state index contributed by atoms with van der Waals surface area (Å²) in [6.07, 6.45) is 2.38.